The second-order valence-electron chi connectivity index (χ2n) is 4.96. The van der Waals surface area contributed by atoms with Gasteiger partial charge in [0.15, 0.2) is 0 Å². The van der Waals surface area contributed by atoms with Crippen molar-refractivity contribution in [3.63, 3.8) is 0 Å². The lowest BCUT2D eigenvalue weighted by atomic mass is 9.96. The molecule has 8 heteroatoms. The van der Waals surface area contributed by atoms with Gasteiger partial charge in [0.1, 0.15) is 10.8 Å². The molecule has 1 atom stereocenters. The highest BCUT2D eigenvalue weighted by Gasteiger charge is 2.24. The molecule has 0 aromatic heterocycles. The summed E-state index contributed by atoms with van der Waals surface area (Å²) in [6, 6.07) is 4.18. The first-order valence-corrected chi connectivity index (χ1v) is 6.77. The molecule has 0 aliphatic heterocycles. The SMILES string of the molecule is CC(N)(CCCCOc1ccc([N+](=O)[O-])c(Cl)c1)C(N)=O. The number of benzene rings is 1. The zero-order valence-corrected chi connectivity index (χ0v) is 12.4. The third-order valence-electron chi connectivity index (χ3n) is 3.04. The van der Waals surface area contributed by atoms with Crippen molar-refractivity contribution in [2.75, 3.05) is 6.61 Å². The number of nitrogens with two attached hydrogens (primary N) is 2. The minimum atomic E-state index is -1.02. The van der Waals surface area contributed by atoms with E-state index in [1.54, 1.807) is 6.92 Å². The van der Waals surface area contributed by atoms with Crippen LogP contribution < -0.4 is 16.2 Å². The Hall–Kier alpha value is -1.86. The van der Waals surface area contributed by atoms with Crippen LogP contribution in [-0.2, 0) is 4.79 Å². The number of hydrogen-bond acceptors (Lipinski definition) is 5. The zero-order valence-electron chi connectivity index (χ0n) is 11.7. The lowest BCUT2D eigenvalue weighted by Gasteiger charge is -2.19. The van der Waals surface area contributed by atoms with Crippen LogP contribution in [0.4, 0.5) is 5.69 Å². The summed E-state index contributed by atoms with van der Waals surface area (Å²) in [5.41, 5.74) is 9.71. The Kier molecular flexibility index (Phi) is 5.92. The Labute approximate surface area is 127 Å². The molecule has 1 rings (SSSR count). The summed E-state index contributed by atoms with van der Waals surface area (Å²) in [6.07, 6.45) is 1.82. The molecule has 0 radical (unpaired) electrons. The van der Waals surface area contributed by atoms with Crippen molar-refractivity contribution < 1.29 is 14.5 Å². The molecule has 4 N–H and O–H groups in total. The first-order valence-electron chi connectivity index (χ1n) is 6.39. The molecule has 0 spiro atoms. The van der Waals surface area contributed by atoms with Crippen molar-refractivity contribution in [1.29, 1.82) is 0 Å². The van der Waals surface area contributed by atoms with Crippen LogP contribution in [0.15, 0.2) is 18.2 Å². The second kappa shape index (κ2) is 7.24. The van der Waals surface area contributed by atoms with Gasteiger partial charge in [0, 0.05) is 12.1 Å². The number of carbonyl (C=O) groups excluding carboxylic acids is 1. The van der Waals surface area contributed by atoms with E-state index in [0.717, 1.165) is 0 Å². The van der Waals surface area contributed by atoms with Crippen LogP contribution in [-0.4, -0.2) is 23.0 Å². The van der Waals surface area contributed by atoms with Gasteiger partial charge >= 0.3 is 0 Å². The Balaban J connectivity index is 2.39. The summed E-state index contributed by atoms with van der Waals surface area (Å²) >= 11 is 5.77. The van der Waals surface area contributed by atoms with Gasteiger partial charge in [-0.05, 0) is 32.3 Å². The number of unbranched alkanes of at least 4 members (excludes halogenated alkanes) is 1. The van der Waals surface area contributed by atoms with E-state index >= 15 is 0 Å². The van der Waals surface area contributed by atoms with Crippen LogP contribution in [0.25, 0.3) is 0 Å². The van der Waals surface area contributed by atoms with Gasteiger partial charge < -0.3 is 16.2 Å². The number of halogens is 1. The number of nitro groups is 1. The van der Waals surface area contributed by atoms with E-state index < -0.39 is 16.4 Å². The number of hydrogen-bond donors (Lipinski definition) is 2. The lowest BCUT2D eigenvalue weighted by molar-refractivity contribution is -0.384. The molecule has 1 aromatic rings. The molecule has 0 heterocycles. The Bertz CT molecular complexity index is 534. The number of rotatable bonds is 8. The van der Waals surface area contributed by atoms with Crippen LogP contribution in [0.5, 0.6) is 5.75 Å². The third-order valence-corrected chi connectivity index (χ3v) is 3.34. The highest BCUT2D eigenvalue weighted by atomic mass is 35.5. The van der Waals surface area contributed by atoms with Gasteiger partial charge in [0.2, 0.25) is 5.91 Å². The summed E-state index contributed by atoms with van der Waals surface area (Å²) in [5, 5.41) is 10.6. The number of ether oxygens (including phenoxy) is 1. The molecule has 0 bridgehead atoms. The van der Waals surface area contributed by atoms with Gasteiger partial charge in [-0.25, -0.2) is 0 Å². The van der Waals surface area contributed by atoms with E-state index in [0.29, 0.717) is 31.6 Å². The maximum absolute atomic E-state index is 11.0. The summed E-state index contributed by atoms with van der Waals surface area (Å²) in [7, 11) is 0. The number of nitro benzene ring substituents is 1. The smallest absolute Gasteiger partial charge is 0.288 e. The predicted molar refractivity (Wildman–Crippen MR) is 79.2 cm³/mol. The van der Waals surface area contributed by atoms with Gasteiger partial charge in [0.05, 0.1) is 17.1 Å². The van der Waals surface area contributed by atoms with Crippen LogP contribution in [0.3, 0.4) is 0 Å². The molecule has 116 valence electrons. The largest absolute Gasteiger partial charge is 0.494 e. The molecule has 1 unspecified atom stereocenters. The average molecular weight is 316 g/mol. The van der Waals surface area contributed by atoms with E-state index in [1.165, 1.54) is 18.2 Å². The zero-order chi connectivity index (χ0) is 16.0. The maximum Gasteiger partial charge on any atom is 0.288 e. The van der Waals surface area contributed by atoms with Crippen LogP contribution >= 0.6 is 11.6 Å². The van der Waals surface area contributed by atoms with Crippen molar-refractivity contribution in [3.05, 3.63) is 33.3 Å². The van der Waals surface area contributed by atoms with Crippen molar-refractivity contribution in [3.8, 4) is 5.75 Å². The van der Waals surface area contributed by atoms with Gasteiger partial charge in [-0.2, -0.15) is 0 Å². The first-order chi connectivity index (χ1) is 9.74. The van der Waals surface area contributed by atoms with Crippen molar-refractivity contribution in [2.24, 2.45) is 11.5 Å². The van der Waals surface area contributed by atoms with Crippen molar-refractivity contribution in [2.45, 2.75) is 31.7 Å². The fourth-order valence-corrected chi connectivity index (χ4v) is 1.87. The Morgan fingerprint density at radius 3 is 2.67 bits per heavy atom. The predicted octanol–water partition coefficient (Wildman–Crippen LogP) is 2.00. The molecule has 0 saturated carbocycles. The number of primary amides is 1. The molecule has 0 aliphatic carbocycles. The number of amides is 1. The van der Waals surface area contributed by atoms with Gasteiger partial charge in [0.25, 0.3) is 5.69 Å². The normalized spacial score (nSPS) is 13.5. The average Bonchev–Trinajstić information content (AvgIpc) is 2.37. The Morgan fingerprint density at radius 1 is 1.48 bits per heavy atom. The van der Waals surface area contributed by atoms with E-state index in [9.17, 15) is 14.9 Å². The maximum atomic E-state index is 11.0. The molecule has 1 amide bonds. The molecule has 21 heavy (non-hydrogen) atoms. The van der Waals surface area contributed by atoms with Crippen molar-refractivity contribution >= 4 is 23.2 Å². The van der Waals surface area contributed by atoms with Gasteiger partial charge in [-0.1, -0.05) is 11.6 Å². The highest BCUT2D eigenvalue weighted by Crippen LogP contribution is 2.28. The standard InChI is InChI=1S/C13H18ClN3O4/c1-13(16,12(15)18)6-2-3-7-21-9-4-5-11(17(19)20)10(14)8-9/h4-5,8H,2-3,6-7,16H2,1H3,(H2,15,18). The number of carbonyl (C=O) groups is 1. The molecular formula is C13H18ClN3O4. The first kappa shape index (κ1) is 17.2. The topological polar surface area (TPSA) is 121 Å². The molecule has 7 nitrogen and oxygen atoms in total. The van der Waals surface area contributed by atoms with E-state index in [2.05, 4.69) is 0 Å². The van der Waals surface area contributed by atoms with E-state index in [1.807, 2.05) is 0 Å². The lowest BCUT2D eigenvalue weighted by Crippen LogP contribution is -2.49. The highest BCUT2D eigenvalue weighted by molar-refractivity contribution is 6.32. The summed E-state index contributed by atoms with van der Waals surface area (Å²) in [6.45, 7) is 1.98. The van der Waals surface area contributed by atoms with Gasteiger partial charge in [-0.15, -0.1) is 0 Å². The molecule has 0 saturated heterocycles. The minimum absolute atomic E-state index is 0.0285. The molecule has 0 fully saturated rings. The van der Waals surface area contributed by atoms with Crippen LogP contribution in [0.1, 0.15) is 26.2 Å². The molecular weight excluding hydrogens is 298 g/mol. The van der Waals surface area contributed by atoms with E-state index in [-0.39, 0.29) is 10.7 Å². The minimum Gasteiger partial charge on any atom is -0.494 e. The fourth-order valence-electron chi connectivity index (χ4n) is 1.63. The second-order valence-corrected chi connectivity index (χ2v) is 5.36. The van der Waals surface area contributed by atoms with Crippen LogP contribution in [0, 0.1) is 10.1 Å². The summed E-state index contributed by atoms with van der Waals surface area (Å²) in [4.78, 5) is 21.1. The summed E-state index contributed by atoms with van der Waals surface area (Å²) in [5.74, 6) is -0.0819. The fraction of sp³-hybridized carbons (Fsp3) is 0.462. The quantitative estimate of drug-likeness (QED) is 0.431. The summed E-state index contributed by atoms with van der Waals surface area (Å²) < 4.78 is 5.43. The van der Waals surface area contributed by atoms with E-state index in [4.69, 9.17) is 27.8 Å². The molecule has 0 aliphatic rings. The Morgan fingerprint density at radius 2 is 2.14 bits per heavy atom. The monoisotopic (exact) mass is 315 g/mol. The van der Waals surface area contributed by atoms with Crippen molar-refractivity contribution in [1.82, 2.24) is 0 Å². The van der Waals surface area contributed by atoms with Crippen LogP contribution in [0.2, 0.25) is 5.02 Å². The third kappa shape index (κ3) is 5.20. The number of nitrogens with zero attached hydrogens (tertiary/aromatic N) is 1. The molecule has 1 aromatic carbocycles. The van der Waals surface area contributed by atoms with Gasteiger partial charge in [-0.3, -0.25) is 14.9 Å².